The third kappa shape index (κ3) is 7.51. The minimum atomic E-state index is -0.766. The van der Waals surface area contributed by atoms with Crippen LogP contribution in [0.15, 0.2) is 24.5 Å². The van der Waals surface area contributed by atoms with E-state index < -0.39 is 5.97 Å². The zero-order chi connectivity index (χ0) is 14.8. The Kier molecular flexibility index (Phi) is 7.32. The maximum atomic E-state index is 11.6. The van der Waals surface area contributed by atoms with E-state index in [1.807, 2.05) is 19.1 Å². The lowest BCUT2D eigenvalue weighted by molar-refractivity contribution is -0.137. The van der Waals surface area contributed by atoms with Crippen LogP contribution >= 0.6 is 0 Å². The summed E-state index contributed by atoms with van der Waals surface area (Å²) in [6.07, 6.45) is 6.27. The van der Waals surface area contributed by atoms with Crippen molar-refractivity contribution in [1.82, 2.24) is 10.3 Å². The average Bonchev–Trinajstić information content (AvgIpc) is 2.44. The number of carboxylic acids is 1. The van der Waals surface area contributed by atoms with E-state index in [0.29, 0.717) is 31.7 Å². The summed E-state index contributed by atoms with van der Waals surface area (Å²) in [7, 11) is 0. The fraction of sp³-hybridized carbons (Fsp3) is 0.533. The van der Waals surface area contributed by atoms with Gasteiger partial charge in [0.05, 0.1) is 0 Å². The van der Waals surface area contributed by atoms with E-state index in [1.54, 1.807) is 12.4 Å². The molecule has 0 aliphatic rings. The molecule has 5 nitrogen and oxygen atoms in total. The van der Waals surface area contributed by atoms with E-state index in [4.69, 9.17) is 5.11 Å². The van der Waals surface area contributed by atoms with E-state index in [-0.39, 0.29) is 12.3 Å². The predicted molar refractivity (Wildman–Crippen MR) is 76.2 cm³/mol. The van der Waals surface area contributed by atoms with E-state index >= 15 is 0 Å². The van der Waals surface area contributed by atoms with Crippen LogP contribution in [0.1, 0.15) is 38.2 Å². The largest absolute Gasteiger partial charge is 0.481 e. The molecule has 1 rings (SSSR count). The minimum absolute atomic E-state index is 0.0271. The van der Waals surface area contributed by atoms with Gasteiger partial charge in [0.15, 0.2) is 0 Å². The van der Waals surface area contributed by atoms with Gasteiger partial charge in [-0.05, 0) is 36.8 Å². The number of aryl methyl sites for hydroxylation is 1. The van der Waals surface area contributed by atoms with Crippen molar-refractivity contribution in [1.29, 1.82) is 0 Å². The van der Waals surface area contributed by atoms with Crippen molar-refractivity contribution in [2.45, 2.75) is 39.0 Å². The van der Waals surface area contributed by atoms with Crippen molar-refractivity contribution in [2.75, 3.05) is 6.54 Å². The second-order valence-electron chi connectivity index (χ2n) is 5.04. The van der Waals surface area contributed by atoms with Gasteiger partial charge in [0.25, 0.3) is 0 Å². The Morgan fingerprint density at radius 2 is 2.15 bits per heavy atom. The molecule has 1 amide bonds. The third-order valence-corrected chi connectivity index (χ3v) is 3.17. The molecule has 2 N–H and O–H groups in total. The number of pyridine rings is 1. The Bertz CT molecular complexity index is 420. The van der Waals surface area contributed by atoms with Crippen molar-refractivity contribution in [3.63, 3.8) is 0 Å². The van der Waals surface area contributed by atoms with Crippen LogP contribution in [0.2, 0.25) is 0 Å². The first-order valence-corrected chi connectivity index (χ1v) is 6.95. The van der Waals surface area contributed by atoms with E-state index in [1.165, 1.54) is 0 Å². The van der Waals surface area contributed by atoms with Gasteiger partial charge in [0.1, 0.15) is 0 Å². The Balaban J connectivity index is 2.09. The van der Waals surface area contributed by atoms with E-state index in [2.05, 4.69) is 10.3 Å². The number of aromatic nitrogens is 1. The normalized spacial score (nSPS) is 11.8. The maximum absolute atomic E-state index is 11.6. The molecule has 110 valence electrons. The van der Waals surface area contributed by atoms with E-state index in [0.717, 1.165) is 12.0 Å². The highest BCUT2D eigenvalue weighted by atomic mass is 16.4. The van der Waals surface area contributed by atoms with Gasteiger partial charge in [-0.2, -0.15) is 0 Å². The summed E-state index contributed by atoms with van der Waals surface area (Å²) in [5, 5.41) is 11.4. The maximum Gasteiger partial charge on any atom is 0.303 e. The topological polar surface area (TPSA) is 79.3 Å². The monoisotopic (exact) mass is 278 g/mol. The Hall–Kier alpha value is -1.91. The molecule has 1 aromatic rings. The molecule has 0 radical (unpaired) electrons. The summed E-state index contributed by atoms with van der Waals surface area (Å²) < 4.78 is 0. The molecule has 1 unspecified atom stereocenters. The number of carbonyl (C=O) groups is 2. The second kappa shape index (κ2) is 9.07. The molecule has 0 saturated carbocycles. The van der Waals surface area contributed by atoms with Crippen LogP contribution in [0.4, 0.5) is 0 Å². The first-order chi connectivity index (χ1) is 9.58. The summed E-state index contributed by atoms with van der Waals surface area (Å²) in [4.78, 5) is 26.1. The predicted octanol–water partition coefficient (Wildman–Crippen LogP) is 2.02. The first-order valence-electron chi connectivity index (χ1n) is 6.95. The molecule has 0 fully saturated rings. The summed E-state index contributed by atoms with van der Waals surface area (Å²) in [6.45, 7) is 2.61. The fourth-order valence-electron chi connectivity index (χ4n) is 1.86. The molecule has 0 spiro atoms. The SMILES string of the molecule is CC(CCNC(=O)CCc1cccnc1)CCC(=O)O. The van der Waals surface area contributed by atoms with Gasteiger partial charge in [-0.1, -0.05) is 13.0 Å². The molecule has 5 heteroatoms. The molecule has 20 heavy (non-hydrogen) atoms. The Morgan fingerprint density at radius 1 is 1.35 bits per heavy atom. The van der Waals surface area contributed by atoms with Crippen molar-refractivity contribution < 1.29 is 14.7 Å². The van der Waals surface area contributed by atoms with Gasteiger partial charge < -0.3 is 10.4 Å². The minimum Gasteiger partial charge on any atom is -0.481 e. The molecule has 0 aromatic carbocycles. The van der Waals surface area contributed by atoms with Crippen LogP contribution in [0.3, 0.4) is 0 Å². The third-order valence-electron chi connectivity index (χ3n) is 3.17. The fourth-order valence-corrected chi connectivity index (χ4v) is 1.86. The summed E-state index contributed by atoms with van der Waals surface area (Å²) >= 11 is 0. The summed E-state index contributed by atoms with van der Waals surface area (Å²) in [5.74, 6) is -0.429. The van der Waals surface area contributed by atoms with Crippen molar-refractivity contribution in [2.24, 2.45) is 5.92 Å². The number of nitrogens with one attached hydrogen (secondary N) is 1. The number of hydrogen-bond donors (Lipinski definition) is 2. The average molecular weight is 278 g/mol. The Morgan fingerprint density at radius 3 is 2.80 bits per heavy atom. The van der Waals surface area contributed by atoms with Crippen LogP contribution in [0.25, 0.3) is 0 Å². The molecule has 0 bridgehead atoms. The highest BCUT2D eigenvalue weighted by Gasteiger charge is 2.07. The lowest BCUT2D eigenvalue weighted by Crippen LogP contribution is -2.25. The summed E-state index contributed by atoms with van der Waals surface area (Å²) in [5.41, 5.74) is 1.05. The second-order valence-corrected chi connectivity index (χ2v) is 5.04. The van der Waals surface area contributed by atoms with Gasteiger partial charge >= 0.3 is 5.97 Å². The zero-order valence-electron chi connectivity index (χ0n) is 11.8. The molecule has 1 heterocycles. The van der Waals surface area contributed by atoms with Crippen molar-refractivity contribution in [3.8, 4) is 0 Å². The number of nitrogens with zero attached hydrogens (tertiary/aromatic N) is 1. The molecule has 0 aliphatic carbocycles. The van der Waals surface area contributed by atoms with Crippen molar-refractivity contribution in [3.05, 3.63) is 30.1 Å². The number of carboxylic acid groups (broad SMARTS) is 1. The molecular weight excluding hydrogens is 256 g/mol. The van der Waals surface area contributed by atoms with Crippen LogP contribution in [-0.2, 0) is 16.0 Å². The van der Waals surface area contributed by atoms with Gasteiger partial charge in [0, 0.05) is 31.8 Å². The number of rotatable bonds is 9. The summed E-state index contributed by atoms with van der Waals surface area (Å²) in [6, 6.07) is 3.81. The molecule has 0 aliphatic heterocycles. The Labute approximate surface area is 119 Å². The lowest BCUT2D eigenvalue weighted by Gasteiger charge is -2.10. The number of hydrogen-bond acceptors (Lipinski definition) is 3. The number of amides is 1. The van der Waals surface area contributed by atoms with Gasteiger partial charge in [-0.3, -0.25) is 14.6 Å². The first kappa shape index (κ1) is 16.1. The number of carbonyl (C=O) groups excluding carboxylic acids is 1. The van der Waals surface area contributed by atoms with Crippen LogP contribution in [-0.4, -0.2) is 28.5 Å². The quantitative estimate of drug-likeness (QED) is 0.724. The van der Waals surface area contributed by atoms with Crippen molar-refractivity contribution >= 4 is 11.9 Å². The highest BCUT2D eigenvalue weighted by Crippen LogP contribution is 2.09. The van der Waals surface area contributed by atoms with Gasteiger partial charge in [0.2, 0.25) is 5.91 Å². The van der Waals surface area contributed by atoms with Crippen LogP contribution < -0.4 is 5.32 Å². The zero-order valence-corrected chi connectivity index (χ0v) is 11.8. The smallest absolute Gasteiger partial charge is 0.303 e. The lowest BCUT2D eigenvalue weighted by atomic mass is 10.0. The van der Waals surface area contributed by atoms with Gasteiger partial charge in [-0.15, -0.1) is 0 Å². The molecule has 1 atom stereocenters. The molecule has 1 aromatic heterocycles. The highest BCUT2D eigenvalue weighted by molar-refractivity contribution is 5.76. The van der Waals surface area contributed by atoms with E-state index in [9.17, 15) is 9.59 Å². The van der Waals surface area contributed by atoms with Gasteiger partial charge in [-0.25, -0.2) is 0 Å². The van der Waals surface area contributed by atoms with Crippen LogP contribution in [0.5, 0.6) is 0 Å². The van der Waals surface area contributed by atoms with Crippen LogP contribution in [0, 0.1) is 5.92 Å². The number of aliphatic carboxylic acids is 1. The standard InChI is InChI=1S/C15H22N2O3/c1-12(4-7-15(19)20)8-10-17-14(18)6-5-13-3-2-9-16-11-13/h2-3,9,11-12H,4-8,10H2,1H3,(H,17,18)(H,19,20). The molecule has 0 saturated heterocycles. The molecular formula is C15H22N2O3.